The predicted molar refractivity (Wildman–Crippen MR) is 105 cm³/mol. The van der Waals surface area contributed by atoms with E-state index in [2.05, 4.69) is 5.32 Å². The largest absolute Gasteiger partial charge is 0.506 e. The highest BCUT2D eigenvalue weighted by atomic mass is 16.5. The Morgan fingerprint density at radius 2 is 1.79 bits per heavy atom. The number of amides is 2. The molecular formula is C21H24N2O5. The van der Waals surface area contributed by atoms with Crippen molar-refractivity contribution in [3.05, 3.63) is 48.5 Å². The van der Waals surface area contributed by atoms with Gasteiger partial charge in [-0.1, -0.05) is 24.3 Å². The summed E-state index contributed by atoms with van der Waals surface area (Å²) in [6, 6.07) is 13.8. The van der Waals surface area contributed by atoms with Gasteiger partial charge in [-0.3, -0.25) is 9.59 Å². The summed E-state index contributed by atoms with van der Waals surface area (Å²) in [5.74, 6) is 0.659. The van der Waals surface area contributed by atoms with E-state index in [0.29, 0.717) is 23.7 Å². The zero-order valence-corrected chi connectivity index (χ0v) is 15.8. The van der Waals surface area contributed by atoms with E-state index < -0.39 is 0 Å². The van der Waals surface area contributed by atoms with E-state index in [1.165, 1.54) is 6.07 Å². The van der Waals surface area contributed by atoms with Gasteiger partial charge in [0.25, 0.3) is 5.91 Å². The third kappa shape index (κ3) is 5.16. The average Bonchev–Trinajstić information content (AvgIpc) is 3.53. The molecule has 7 nitrogen and oxygen atoms in total. The molecule has 0 unspecified atom stereocenters. The number of anilines is 1. The SMILES string of the molecule is COc1ccccc1OCC(=O)N(CCC(=O)Nc1ccccc1O)C1CC1. The molecule has 0 aromatic heterocycles. The number of hydrogen-bond acceptors (Lipinski definition) is 5. The lowest BCUT2D eigenvalue weighted by Gasteiger charge is -2.22. The first-order chi connectivity index (χ1) is 13.6. The highest BCUT2D eigenvalue weighted by molar-refractivity contribution is 5.92. The summed E-state index contributed by atoms with van der Waals surface area (Å²) in [5.41, 5.74) is 0.358. The van der Waals surface area contributed by atoms with Crippen molar-refractivity contribution < 1.29 is 24.2 Å². The second kappa shape index (κ2) is 9.12. The number of methoxy groups -OCH3 is 1. The fourth-order valence-corrected chi connectivity index (χ4v) is 2.87. The van der Waals surface area contributed by atoms with Crippen LogP contribution in [0.3, 0.4) is 0 Å². The maximum atomic E-state index is 12.6. The quantitative estimate of drug-likeness (QED) is 0.649. The fourth-order valence-electron chi connectivity index (χ4n) is 2.87. The van der Waals surface area contributed by atoms with Gasteiger partial charge in [0.15, 0.2) is 18.1 Å². The minimum Gasteiger partial charge on any atom is -0.506 e. The van der Waals surface area contributed by atoms with Crippen LogP contribution in [0.1, 0.15) is 19.3 Å². The summed E-state index contributed by atoms with van der Waals surface area (Å²) in [6.45, 7) is 0.191. The third-order valence-corrected chi connectivity index (χ3v) is 4.49. The minimum atomic E-state index is -0.259. The summed E-state index contributed by atoms with van der Waals surface area (Å²) in [5, 5.41) is 12.4. The van der Waals surface area contributed by atoms with E-state index in [1.807, 2.05) is 12.1 Å². The molecular weight excluding hydrogens is 360 g/mol. The summed E-state index contributed by atoms with van der Waals surface area (Å²) in [6.07, 6.45) is 2.01. The van der Waals surface area contributed by atoms with Crippen LogP contribution in [0.15, 0.2) is 48.5 Å². The second-order valence-electron chi connectivity index (χ2n) is 6.57. The van der Waals surface area contributed by atoms with Crippen LogP contribution in [0.25, 0.3) is 0 Å². The van der Waals surface area contributed by atoms with Crippen LogP contribution in [0.4, 0.5) is 5.69 Å². The number of hydrogen-bond donors (Lipinski definition) is 2. The Morgan fingerprint density at radius 1 is 1.11 bits per heavy atom. The van der Waals surface area contributed by atoms with Crippen molar-refractivity contribution in [1.82, 2.24) is 4.90 Å². The molecule has 3 rings (SSSR count). The lowest BCUT2D eigenvalue weighted by molar-refractivity contribution is -0.134. The molecule has 0 saturated heterocycles. The molecule has 0 radical (unpaired) electrons. The van der Waals surface area contributed by atoms with Crippen LogP contribution < -0.4 is 14.8 Å². The van der Waals surface area contributed by atoms with Crippen molar-refractivity contribution in [1.29, 1.82) is 0 Å². The molecule has 0 heterocycles. The second-order valence-corrected chi connectivity index (χ2v) is 6.57. The van der Waals surface area contributed by atoms with Gasteiger partial charge in [-0.05, 0) is 37.1 Å². The number of carbonyl (C=O) groups is 2. The summed E-state index contributed by atoms with van der Waals surface area (Å²) in [7, 11) is 1.55. The number of benzene rings is 2. The van der Waals surface area contributed by atoms with E-state index in [9.17, 15) is 14.7 Å². The van der Waals surface area contributed by atoms with Gasteiger partial charge in [0, 0.05) is 19.0 Å². The molecule has 1 fully saturated rings. The van der Waals surface area contributed by atoms with Gasteiger partial charge >= 0.3 is 0 Å². The predicted octanol–water partition coefficient (Wildman–Crippen LogP) is 2.80. The zero-order chi connectivity index (χ0) is 19.9. The van der Waals surface area contributed by atoms with Crippen LogP contribution in [-0.4, -0.2) is 48.1 Å². The number of rotatable bonds is 9. The lowest BCUT2D eigenvalue weighted by Crippen LogP contribution is -2.38. The maximum absolute atomic E-state index is 12.6. The van der Waals surface area contributed by atoms with E-state index in [4.69, 9.17) is 9.47 Å². The van der Waals surface area contributed by atoms with Crippen molar-refractivity contribution in [3.8, 4) is 17.2 Å². The zero-order valence-electron chi connectivity index (χ0n) is 15.8. The fraction of sp³-hybridized carbons (Fsp3) is 0.333. The van der Waals surface area contributed by atoms with Gasteiger partial charge in [-0.2, -0.15) is 0 Å². The number of aromatic hydroxyl groups is 1. The molecule has 0 bridgehead atoms. The van der Waals surface area contributed by atoms with Crippen molar-refractivity contribution >= 4 is 17.5 Å². The third-order valence-electron chi connectivity index (χ3n) is 4.49. The number of carbonyl (C=O) groups excluding carboxylic acids is 2. The highest BCUT2D eigenvalue weighted by Crippen LogP contribution is 2.29. The van der Waals surface area contributed by atoms with Gasteiger partial charge in [-0.25, -0.2) is 0 Å². The molecule has 148 valence electrons. The van der Waals surface area contributed by atoms with E-state index in [1.54, 1.807) is 42.3 Å². The van der Waals surface area contributed by atoms with Crippen molar-refractivity contribution in [3.63, 3.8) is 0 Å². The monoisotopic (exact) mass is 384 g/mol. The first-order valence-corrected chi connectivity index (χ1v) is 9.21. The molecule has 1 aliphatic carbocycles. The molecule has 0 atom stereocenters. The Kier molecular flexibility index (Phi) is 6.37. The van der Waals surface area contributed by atoms with Crippen molar-refractivity contribution in [2.45, 2.75) is 25.3 Å². The molecule has 0 aliphatic heterocycles. The van der Waals surface area contributed by atoms with Crippen LogP contribution in [0.2, 0.25) is 0 Å². The molecule has 2 aromatic carbocycles. The molecule has 1 saturated carbocycles. The molecule has 2 N–H and O–H groups in total. The van der Waals surface area contributed by atoms with E-state index in [0.717, 1.165) is 12.8 Å². The Morgan fingerprint density at radius 3 is 2.46 bits per heavy atom. The number of phenols is 1. The van der Waals surface area contributed by atoms with Gasteiger partial charge < -0.3 is 24.8 Å². The molecule has 1 aliphatic rings. The topological polar surface area (TPSA) is 88.1 Å². The number of ether oxygens (including phenoxy) is 2. The Bertz CT molecular complexity index is 835. The van der Waals surface area contributed by atoms with Gasteiger partial charge in [0.05, 0.1) is 12.8 Å². The number of phenolic OH excluding ortho intramolecular Hbond substituents is 1. The molecule has 2 aromatic rings. The standard InChI is InChI=1S/C21H24N2O5/c1-27-18-8-4-5-9-19(18)28-14-21(26)23(15-10-11-15)13-12-20(25)22-16-6-2-3-7-17(16)24/h2-9,15,24H,10-14H2,1H3,(H,22,25). The smallest absolute Gasteiger partial charge is 0.260 e. The van der Waals surface area contributed by atoms with Crippen molar-refractivity contribution in [2.24, 2.45) is 0 Å². The van der Waals surface area contributed by atoms with Gasteiger partial charge in [0.2, 0.25) is 5.91 Å². The number of nitrogens with one attached hydrogen (secondary N) is 1. The van der Waals surface area contributed by atoms with Crippen LogP contribution in [0, 0.1) is 0 Å². The normalized spacial score (nSPS) is 12.9. The van der Waals surface area contributed by atoms with Crippen LogP contribution in [0.5, 0.6) is 17.2 Å². The molecule has 0 spiro atoms. The summed E-state index contributed by atoms with van der Waals surface area (Å²) >= 11 is 0. The summed E-state index contributed by atoms with van der Waals surface area (Å²) < 4.78 is 10.8. The number of para-hydroxylation sites is 4. The minimum absolute atomic E-state index is 0.0104. The first-order valence-electron chi connectivity index (χ1n) is 9.21. The average molecular weight is 384 g/mol. The lowest BCUT2D eigenvalue weighted by atomic mass is 10.2. The Hall–Kier alpha value is -3.22. The van der Waals surface area contributed by atoms with Gasteiger partial charge in [-0.15, -0.1) is 0 Å². The number of nitrogens with zero attached hydrogens (tertiary/aromatic N) is 1. The van der Waals surface area contributed by atoms with E-state index >= 15 is 0 Å². The van der Waals surface area contributed by atoms with Gasteiger partial charge in [0.1, 0.15) is 5.75 Å². The Labute approximate surface area is 163 Å². The van der Waals surface area contributed by atoms with Crippen LogP contribution in [-0.2, 0) is 9.59 Å². The molecule has 28 heavy (non-hydrogen) atoms. The Balaban J connectivity index is 1.52. The molecule has 7 heteroatoms. The highest BCUT2D eigenvalue weighted by Gasteiger charge is 2.32. The summed E-state index contributed by atoms with van der Waals surface area (Å²) in [4.78, 5) is 26.5. The van der Waals surface area contributed by atoms with Crippen molar-refractivity contribution in [2.75, 3.05) is 25.6 Å². The van der Waals surface area contributed by atoms with E-state index in [-0.39, 0.29) is 36.6 Å². The maximum Gasteiger partial charge on any atom is 0.260 e. The molecule has 2 amide bonds. The van der Waals surface area contributed by atoms with Crippen LogP contribution >= 0.6 is 0 Å². The first kappa shape index (κ1) is 19.5.